The van der Waals surface area contributed by atoms with Crippen LogP contribution in [0.15, 0.2) is 36.4 Å². The number of hydrogen-bond acceptors (Lipinski definition) is 3. The summed E-state index contributed by atoms with van der Waals surface area (Å²) < 4.78 is 37.2. The molecule has 0 saturated heterocycles. The van der Waals surface area contributed by atoms with E-state index in [-0.39, 0.29) is 12.4 Å². The number of benzene rings is 2. The third kappa shape index (κ3) is 3.13. The molecule has 5 heteroatoms. The van der Waals surface area contributed by atoms with Gasteiger partial charge in [-0.15, -0.1) is 0 Å². The zero-order valence-electron chi connectivity index (χ0n) is 10.3. The highest BCUT2D eigenvalue weighted by Gasteiger charge is 2.07. The monoisotopic (exact) mass is 265 g/mol. The topological polar surface area (TPSA) is 44.5 Å². The number of rotatable bonds is 4. The van der Waals surface area contributed by atoms with Gasteiger partial charge in [-0.05, 0) is 24.3 Å². The van der Waals surface area contributed by atoms with E-state index >= 15 is 0 Å². The molecule has 2 aromatic carbocycles. The second kappa shape index (κ2) is 5.56. The van der Waals surface area contributed by atoms with Crippen LogP contribution in [0, 0.1) is 11.6 Å². The van der Waals surface area contributed by atoms with Crippen molar-refractivity contribution in [3.8, 4) is 11.5 Å². The summed E-state index contributed by atoms with van der Waals surface area (Å²) in [6, 6.07) is 8.47. The van der Waals surface area contributed by atoms with Crippen molar-refractivity contribution in [2.24, 2.45) is 0 Å². The molecule has 0 amide bonds. The van der Waals surface area contributed by atoms with Crippen LogP contribution in [0.2, 0.25) is 0 Å². The Balaban J connectivity index is 2.10. The van der Waals surface area contributed by atoms with Gasteiger partial charge in [0.25, 0.3) is 0 Å². The highest BCUT2D eigenvalue weighted by Crippen LogP contribution is 2.22. The third-order valence-electron chi connectivity index (χ3n) is 2.60. The Bertz CT molecular complexity index is 588. The minimum absolute atomic E-state index is 0.0319. The van der Waals surface area contributed by atoms with E-state index in [4.69, 9.17) is 15.2 Å². The molecular weight excluding hydrogens is 252 g/mol. The highest BCUT2D eigenvalue weighted by atomic mass is 19.1. The molecule has 0 atom stereocenters. The van der Waals surface area contributed by atoms with E-state index in [1.165, 1.54) is 31.4 Å². The second-order valence-corrected chi connectivity index (χ2v) is 3.94. The first-order valence-electron chi connectivity index (χ1n) is 5.60. The lowest BCUT2D eigenvalue weighted by atomic mass is 10.2. The Morgan fingerprint density at radius 2 is 1.84 bits per heavy atom. The van der Waals surface area contributed by atoms with Crippen molar-refractivity contribution >= 4 is 5.69 Å². The van der Waals surface area contributed by atoms with Gasteiger partial charge < -0.3 is 15.2 Å². The smallest absolute Gasteiger partial charge is 0.167 e. The fourth-order valence-electron chi connectivity index (χ4n) is 1.56. The molecule has 2 aromatic rings. The van der Waals surface area contributed by atoms with Crippen LogP contribution in [0.3, 0.4) is 0 Å². The Kier molecular flexibility index (Phi) is 3.85. The maximum atomic E-state index is 13.6. The molecular formula is C14H13F2NO2. The summed E-state index contributed by atoms with van der Waals surface area (Å²) in [5.74, 6) is -0.589. The van der Waals surface area contributed by atoms with Crippen LogP contribution in [0.1, 0.15) is 5.56 Å². The van der Waals surface area contributed by atoms with Gasteiger partial charge in [-0.25, -0.2) is 8.78 Å². The van der Waals surface area contributed by atoms with Crippen LogP contribution in [0.5, 0.6) is 11.5 Å². The average molecular weight is 265 g/mol. The first kappa shape index (κ1) is 13.1. The van der Waals surface area contributed by atoms with Crippen molar-refractivity contribution in [1.29, 1.82) is 0 Å². The lowest BCUT2D eigenvalue weighted by molar-refractivity contribution is 0.284. The number of methoxy groups -OCH3 is 1. The average Bonchev–Trinajstić information content (AvgIpc) is 2.39. The zero-order chi connectivity index (χ0) is 13.8. The second-order valence-electron chi connectivity index (χ2n) is 3.94. The number of anilines is 1. The number of halogens is 2. The van der Waals surface area contributed by atoms with E-state index in [0.717, 1.165) is 6.07 Å². The summed E-state index contributed by atoms with van der Waals surface area (Å²) in [6.07, 6.45) is 0. The molecule has 0 aliphatic rings. The Hall–Kier alpha value is -2.30. The van der Waals surface area contributed by atoms with Crippen LogP contribution in [-0.4, -0.2) is 7.11 Å². The molecule has 0 saturated carbocycles. The standard InChI is InChI=1S/C14H13F2NO2/c1-18-11-4-2-9(12(15)7-11)8-19-14-5-3-10(17)6-13(14)16/h2-7H,8,17H2,1H3. The third-order valence-corrected chi connectivity index (χ3v) is 2.60. The molecule has 0 spiro atoms. The first-order chi connectivity index (χ1) is 9.10. The molecule has 0 aliphatic heterocycles. The van der Waals surface area contributed by atoms with Crippen molar-refractivity contribution in [3.63, 3.8) is 0 Å². The number of nitrogens with two attached hydrogens (primary N) is 1. The SMILES string of the molecule is COc1ccc(COc2ccc(N)cc2F)c(F)c1. The van der Waals surface area contributed by atoms with E-state index in [2.05, 4.69) is 0 Å². The van der Waals surface area contributed by atoms with Crippen molar-refractivity contribution in [2.45, 2.75) is 6.61 Å². The van der Waals surface area contributed by atoms with E-state index in [1.807, 2.05) is 0 Å². The van der Waals surface area contributed by atoms with Crippen LogP contribution >= 0.6 is 0 Å². The molecule has 0 radical (unpaired) electrons. The van der Waals surface area contributed by atoms with E-state index in [0.29, 0.717) is 17.0 Å². The maximum Gasteiger partial charge on any atom is 0.167 e. The largest absolute Gasteiger partial charge is 0.497 e. The molecule has 100 valence electrons. The summed E-state index contributed by atoms with van der Waals surface area (Å²) in [5.41, 5.74) is 6.04. The van der Waals surface area contributed by atoms with Gasteiger partial charge in [-0.1, -0.05) is 0 Å². The van der Waals surface area contributed by atoms with Crippen LogP contribution in [-0.2, 0) is 6.61 Å². The van der Waals surface area contributed by atoms with Gasteiger partial charge in [0, 0.05) is 23.4 Å². The van der Waals surface area contributed by atoms with Crippen LogP contribution < -0.4 is 15.2 Å². The fourth-order valence-corrected chi connectivity index (χ4v) is 1.56. The van der Waals surface area contributed by atoms with Gasteiger partial charge in [0.05, 0.1) is 7.11 Å². The van der Waals surface area contributed by atoms with Gasteiger partial charge in [0.15, 0.2) is 11.6 Å². The van der Waals surface area contributed by atoms with Crippen molar-refractivity contribution in [3.05, 3.63) is 53.6 Å². The molecule has 2 N–H and O–H groups in total. The number of ether oxygens (including phenoxy) is 2. The number of nitrogen functional groups attached to an aromatic ring is 1. The predicted octanol–water partition coefficient (Wildman–Crippen LogP) is 3.13. The normalized spacial score (nSPS) is 10.3. The fraction of sp³-hybridized carbons (Fsp3) is 0.143. The van der Waals surface area contributed by atoms with Crippen LogP contribution in [0.25, 0.3) is 0 Å². The molecule has 0 bridgehead atoms. The molecule has 0 fully saturated rings. The van der Waals surface area contributed by atoms with Gasteiger partial charge in [-0.2, -0.15) is 0 Å². The van der Waals surface area contributed by atoms with Crippen molar-refractivity contribution < 1.29 is 18.3 Å². The summed E-state index contributed by atoms with van der Waals surface area (Å²) >= 11 is 0. The molecule has 0 heterocycles. The summed E-state index contributed by atoms with van der Waals surface area (Å²) in [4.78, 5) is 0. The zero-order valence-corrected chi connectivity index (χ0v) is 10.3. The first-order valence-corrected chi connectivity index (χ1v) is 5.60. The minimum Gasteiger partial charge on any atom is -0.497 e. The maximum absolute atomic E-state index is 13.6. The molecule has 0 aliphatic carbocycles. The lowest BCUT2D eigenvalue weighted by Gasteiger charge is -2.09. The van der Waals surface area contributed by atoms with E-state index < -0.39 is 11.6 Å². The van der Waals surface area contributed by atoms with Gasteiger partial charge in [0.2, 0.25) is 0 Å². The van der Waals surface area contributed by atoms with E-state index in [1.54, 1.807) is 6.07 Å². The molecule has 3 nitrogen and oxygen atoms in total. The molecule has 19 heavy (non-hydrogen) atoms. The summed E-state index contributed by atoms with van der Waals surface area (Å²) in [7, 11) is 1.45. The molecule has 0 unspecified atom stereocenters. The van der Waals surface area contributed by atoms with Gasteiger partial charge in [-0.3, -0.25) is 0 Å². The number of hydrogen-bond donors (Lipinski definition) is 1. The van der Waals surface area contributed by atoms with Crippen molar-refractivity contribution in [2.75, 3.05) is 12.8 Å². The quantitative estimate of drug-likeness (QED) is 0.864. The predicted molar refractivity (Wildman–Crippen MR) is 68.1 cm³/mol. The summed E-state index contributed by atoms with van der Waals surface area (Å²) in [6.45, 7) is -0.0728. The van der Waals surface area contributed by atoms with Gasteiger partial charge in [0.1, 0.15) is 18.2 Å². The molecule has 2 rings (SSSR count). The summed E-state index contributed by atoms with van der Waals surface area (Å²) in [5, 5.41) is 0. The van der Waals surface area contributed by atoms with Crippen LogP contribution in [0.4, 0.5) is 14.5 Å². The Morgan fingerprint density at radius 3 is 2.47 bits per heavy atom. The minimum atomic E-state index is -0.575. The lowest BCUT2D eigenvalue weighted by Crippen LogP contribution is -2.01. The highest BCUT2D eigenvalue weighted by molar-refractivity contribution is 5.43. The van der Waals surface area contributed by atoms with Gasteiger partial charge >= 0.3 is 0 Å². The Labute approximate surface area is 109 Å². The Morgan fingerprint density at radius 1 is 1.05 bits per heavy atom. The van der Waals surface area contributed by atoms with E-state index in [9.17, 15) is 8.78 Å². The molecule has 0 aromatic heterocycles. The van der Waals surface area contributed by atoms with Crippen molar-refractivity contribution in [1.82, 2.24) is 0 Å².